The molecule has 2 aromatic rings. The number of amides is 1. The third-order valence-electron chi connectivity index (χ3n) is 2.85. The third kappa shape index (κ3) is 3.54. The number of carbonyl (C=O) groups is 3. The molecule has 0 radical (unpaired) electrons. The molecule has 0 atom stereocenters. The van der Waals surface area contributed by atoms with Gasteiger partial charge < -0.3 is 10.1 Å². The number of methoxy groups -OCH3 is 1. The zero-order valence-corrected chi connectivity index (χ0v) is 11.3. The Balaban J connectivity index is 2.12. The summed E-state index contributed by atoms with van der Waals surface area (Å²) in [5.41, 5.74) is 1.77. The standard InChI is InChI=1S/C16H13NO4/c1-21-16(20)12-5-7-14(8-6-12)17-15(19)13-4-2-3-11(9-13)10-18/h2-10H,1H3,(H,17,19). The van der Waals surface area contributed by atoms with Gasteiger partial charge in [-0.25, -0.2) is 4.79 Å². The van der Waals surface area contributed by atoms with E-state index in [-0.39, 0.29) is 5.91 Å². The molecule has 0 heterocycles. The predicted octanol–water partition coefficient (Wildman–Crippen LogP) is 2.54. The van der Waals surface area contributed by atoms with E-state index >= 15 is 0 Å². The Morgan fingerprint density at radius 2 is 1.76 bits per heavy atom. The summed E-state index contributed by atoms with van der Waals surface area (Å²) < 4.78 is 4.59. The van der Waals surface area contributed by atoms with Gasteiger partial charge in [0.1, 0.15) is 6.29 Å². The number of hydrogen-bond donors (Lipinski definition) is 1. The quantitative estimate of drug-likeness (QED) is 0.691. The van der Waals surface area contributed by atoms with Crippen LogP contribution in [0.4, 0.5) is 5.69 Å². The summed E-state index contributed by atoms with van der Waals surface area (Å²) in [5.74, 6) is -0.768. The van der Waals surface area contributed by atoms with Gasteiger partial charge in [-0.05, 0) is 36.4 Å². The molecule has 5 heteroatoms. The summed E-state index contributed by atoms with van der Waals surface area (Å²) in [6.45, 7) is 0. The van der Waals surface area contributed by atoms with Gasteiger partial charge in [0.25, 0.3) is 5.91 Å². The first kappa shape index (κ1) is 14.5. The lowest BCUT2D eigenvalue weighted by Gasteiger charge is -2.06. The Morgan fingerprint density at radius 3 is 2.38 bits per heavy atom. The van der Waals surface area contributed by atoms with E-state index in [2.05, 4.69) is 10.1 Å². The largest absolute Gasteiger partial charge is 0.465 e. The second-order valence-electron chi connectivity index (χ2n) is 4.27. The monoisotopic (exact) mass is 283 g/mol. The highest BCUT2D eigenvalue weighted by molar-refractivity contribution is 6.05. The molecule has 0 unspecified atom stereocenters. The topological polar surface area (TPSA) is 72.5 Å². The molecule has 1 N–H and O–H groups in total. The number of aldehydes is 1. The molecule has 0 fully saturated rings. The number of ether oxygens (including phenoxy) is 1. The van der Waals surface area contributed by atoms with Gasteiger partial charge in [0.05, 0.1) is 12.7 Å². The first-order chi connectivity index (χ1) is 10.1. The van der Waals surface area contributed by atoms with Crippen molar-refractivity contribution in [3.63, 3.8) is 0 Å². The van der Waals surface area contributed by atoms with Gasteiger partial charge in [-0.1, -0.05) is 12.1 Å². The van der Waals surface area contributed by atoms with Crippen LogP contribution in [0.25, 0.3) is 0 Å². The molecule has 0 aliphatic heterocycles. The molecule has 2 aromatic carbocycles. The highest BCUT2D eigenvalue weighted by Gasteiger charge is 2.08. The van der Waals surface area contributed by atoms with Crippen LogP contribution in [0.15, 0.2) is 48.5 Å². The van der Waals surface area contributed by atoms with Gasteiger partial charge in [0, 0.05) is 16.8 Å². The lowest BCUT2D eigenvalue weighted by Crippen LogP contribution is -2.12. The van der Waals surface area contributed by atoms with Gasteiger partial charge in [0.15, 0.2) is 0 Å². The van der Waals surface area contributed by atoms with Gasteiger partial charge in [0.2, 0.25) is 0 Å². The van der Waals surface area contributed by atoms with Gasteiger partial charge in [-0.15, -0.1) is 0 Å². The molecule has 0 saturated carbocycles. The highest BCUT2D eigenvalue weighted by atomic mass is 16.5. The first-order valence-electron chi connectivity index (χ1n) is 6.19. The van der Waals surface area contributed by atoms with E-state index in [9.17, 15) is 14.4 Å². The van der Waals surface area contributed by atoms with Crippen LogP contribution in [0.1, 0.15) is 31.1 Å². The molecule has 0 aliphatic carbocycles. The van der Waals surface area contributed by atoms with Crippen molar-refractivity contribution in [1.82, 2.24) is 0 Å². The van der Waals surface area contributed by atoms with Crippen LogP contribution in [0.3, 0.4) is 0 Å². The summed E-state index contributed by atoms with van der Waals surface area (Å²) in [4.78, 5) is 34.0. The highest BCUT2D eigenvalue weighted by Crippen LogP contribution is 2.12. The molecule has 5 nitrogen and oxygen atoms in total. The van der Waals surface area contributed by atoms with Crippen molar-refractivity contribution in [3.05, 3.63) is 65.2 Å². The first-order valence-corrected chi connectivity index (χ1v) is 6.19. The van der Waals surface area contributed by atoms with E-state index in [4.69, 9.17) is 0 Å². The maximum Gasteiger partial charge on any atom is 0.337 e. The average Bonchev–Trinajstić information content (AvgIpc) is 2.54. The maximum atomic E-state index is 12.0. The third-order valence-corrected chi connectivity index (χ3v) is 2.85. The SMILES string of the molecule is COC(=O)c1ccc(NC(=O)c2cccc(C=O)c2)cc1. The minimum Gasteiger partial charge on any atom is -0.465 e. The van der Waals surface area contributed by atoms with E-state index in [1.165, 1.54) is 13.2 Å². The van der Waals surface area contributed by atoms with Crippen molar-refractivity contribution in [3.8, 4) is 0 Å². The fourth-order valence-corrected chi connectivity index (χ4v) is 1.76. The molecular formula is C16H13NO4. The second-order valence-corrected chi connectivity index (χ2v) is 4.27. The smallest absolute Gasteiger partial charge is 0.337 e. The van der Waals surface area contributed by atoms with E-state index in [0.29, 0.717) is 28.7 Å². The summed E-state index contributed by atoms with van der Waals surface area (Å²) in [7, 11) is 1.30. The maximum absolute atomic E-state index is 12.0. The number of hydrogen-bond acceptors (Lipinski definition) is 4. The second kappa shape index (κ2) is 6.47. The number of carbonyl (C=O) groups excluding carboxylic acids is 3. The molecule has 2 rings (SSSR count). The van der Waals surface area contributed by atoms with Gasteiger partial charge >= 0.3 is 5.97 Å². The van der Waals surface area contributed by atoms with Crippen molar-refractivity contribution >= 4 is 23.9 Å². The number of esters is 1. The predicted molar refractivity (Wildman–Crippen MR) is 77.6 cm³/mol. The Labute approximate surface area is 121 Å². The number of anilines is 1. The number of benzene rings is 2. The van der Waals surface area contributed by atoms with Crippen molar-refractivity contribution in [2.24, 2.45) is 0 Å². The molecule has 0 bridgehead atoms. The summed E-state index contributed by atoms with van der Waals surface area (Å²) in [6, 6.07) is 12.7. The van der Waals surface area contributed by atoms with Crippen LogP contribution in [-0.4, -0.2) is 25.3 Å². The Hall–Kier alpha value is -2.95. The minimum atomic E-state index is -0.438. The minimum absolute atomic E-state index is 0.329. The Kier molecular flexibility index (Phi) is 4.46. The van der Waals surface area contributed by atoms with Gasteiger partial charge in [-0.2, -0.15) is 0 Å². The molecule has 21 heavy (non-hydrogen) atoms. The van der Waals surface area contributed by atoms with E-state index in [0.717, 1.165) is 0 Å². The Bertz CT molecular complexity index is 677. The lowest BCUT2D eigenvalue weighted by atomic mass is 10.1. The molecule has 106 valence electrons. The lowest BCUT2D eigenvalue weighted by molar-refractivity contribution is 0.0600. The summed E-state index contributed by atoms with van der Waals surface area (Å²) in [5, 5.41) is 2.69. The van der Waals surface area contributed by atoms with Crippen molar-refractivity contribution in [2.75, 3.05) is 12.4 Å². The molecule has 0 aromatic heterocycles. The van der Waals surface area contributed by atoms with Gasteiger partial charge in [-0.3, -0.25) is 9.59 Å². The summed E-state index contributed by atoms with van der Waals surface area (Å²) in [6.07, 6.45) is 0.682. The number of rotatable bonds is 4. The van der Waals surface area contributed by atoms with Crippen LogP contribution in [0.5, 0.6) is 0 Å². The molecule has 0 aliphatic rings. The van der Waals surface area contributed by atoms with Crippen molar-refractivity contribution in [2.45, 2.75) is 0 Å². The van der Waals surface area contributed by atoms with Crippen LogP contribution in [0, 0.1) is 0 Å². The molecular weight excluding hydrogens is 270 g/mol. The van der Waals surface area contributed by atoms with E-state index in [1.54, 1.807) is 42.5 Å². The van der Waals surface area contributed by atoms with Crippen molar-refractivity contribution < 1.29 is 19.1 Å². The molecule has 0 spiro atoms. The van der Waals surface area contributed by atoms with Crippen LogP contribution < -0.4 is 5.32 Å². The average molecular weight is 283 g/mol. The number of nitrogens with one attached hydrogen (secondary N) is 1. The zero-order valence-electron chi connectivity index (χ0n) is 11.3. The molecule has 0 saturated heterocycles. The van der Waals surface area contributed by atoms with Crippen molar-refractivity contribution in [1.29, 1.82) is 0 Å². The zero-order chi connectivity index (χ0) is 15.2. The normalized spacial score (nSPS) is 9.76. The van der Waals surface area contributed by atoms with E-state index in [1.807, 2.05) is 0 Å². The molecule has 1 amide bonds. The van der Waals surface area contributed by atoms with Crippen LogP contribution in [0.2, 0.25) is 0 Å². The summed E-state index contributed by atoms with van der Waals surface area (Å²) >= 11 is 0. The fourth-order valence-electron chi connectivity index (χ4n) is 1.76. The Morgan fingerprint density at radius 1 is 1.05 bits per heavy atom. The van der Waals surface area contributed by atoms with Crippen LogP contribution >= 0.6 is 0 Å². The van der Waals surface area contributed by atoms with E-state index < -0.39 is 5.97 Å². The van der Waals surface area contributed by atoms with Crippen LogP contribution in [-0.2, 0) is 4.74 Å². The fraction of sp³-hybridized carbons (Fsp3) is 0.0625.